The lowest BCUT2D eigenvalue weighted by atomic mass is 10.0. The zero-order valence-corrected chi connectivity index (χ0v) is 28.1. The second kappa shape index (κ2) is 22.7. The molecule has 0 aliphatic heterocycles. The Labute approximate surface area is 290 Å². The van der Waals surface area contributed by atoms with Gasteiger partial charge in [-0.3, -0.25) is 47.9 Å². The molecule has 5 amide bonds. The maximum atomic E-state index is 13.1. The van der Waals surface area contributed by atoms with E-state index in [4.69, 9.17) is 23.1 Å². The number of carboxylic acid groups (broad SMARTS) is 4. The Morgan fingerprint density at radius 1 is 0.540 bits per heavy atom. The highest BCUT2D eigenvalue weighted by molar-refractivity contribution is 6.28. The first-order chi connectivity index (χ1) is 23.2. The molecule has 0 aromatic heterocycles. The lowest BCUT2D eigenvalue weighted by Gasteiger charge is -2.26. The van der Waals surface area contributed by atoms with Crippen molar-refractivity contribution in [1.82, 2.24) is 26.6 Å². The van der Waals surface area contributed by atoms with Gasteiger partial charge in [-0.15, -0.1) is 11.6 Å². The minimum Gasteiger partial charge on any atom is -0.481 e. The molecule has 0 rings (SSSR count). The summed E-state index contributed by atoms with van der Waals surface area (Å²) in [5.41, 5.74) is 11.2. The van der Waals surface area contributed by atoms with Crippen molar-refractivity contribution in [3.8, 4) is 0 Å². The third-order valence-corrected chi connectivity index (χ3v) is 7.12. The second-order valence-corrected chi connectivity index (χ2v) is 11.6. The van der Waals surface area contributed by atoms with Crippen molar-refractivity contribution in [2.75, 3.05) is 12.4 Å². The van der Waals surface area contributed by atoms with Crippen LogP contribution in [-0.4, -0.2) is 128 Å². The summed E-state index contributed by atoms with van der Waals surface area (Å²) >= 11 is 5.61. The number of rotatable bonds is 25. The number of carbonyl (C=O) groups excluding carboxylic acids is 6. The van der Waals surface area contributed by atoms with Gasteiger partial charge in [-0.25, -0.2) is 0 Å². The van der Waals surface area contributed by atoms with E-state index in [0.29, 0.717) is 12.8 Å². The number of carbonyl (C=O) groups is 10. The summed E-state index contributed by atoms with van der Waals surface area (Å²) in [5, 5.41) is 47.5. The van der Waals surface area contributed by atoms with Crippen LogP contribution in [0, 0.1) is 5.92 Å². The standard InChI is InChI=1S/C28H44ClN7O14/c1-12(2)23(31)28(50)36-17(10-22(44)45)27(49)35-16(9-21(42)43)26(48)34-15(8-20(40)41)25(47)33-14(7-19(38)39)24(46)32-13(18(37)11-29)5-3-4-6-30/h12-17,23H,3-11,30-31H2,1-2H3,(H,32,46)(H,33,47)(H,34,48)(H,35,49)(H,36,50)(H,38,39)(H,40,41)(H,42,43)(H,44,45)/t13-,14-,15-,16-,17-,23-/m0/s1. The van der Waals surface area contributed by atoms with Crippen LogP contribution in [0.4, 0.5) is 0 Å². The van der Waals surface area contributed by atoms with E-state index in [0.717, 1.165) is 0 Å². The molecule has 21 nitrogen and oxygen atoms in total. The largest absolute Gasteiger partial charge is 0.481 e. The normalized spacial score (nSPS) is 14.4. The van der Waals surface area contributed by atoms with Crippen LogP contribution >= 0.6 is 11.6 Å². The first-order valence-electron chi connectivity index (χ1n) is 15.2. The van der Waals surface area contributed by atoms with Gasteiger partial charge in [0.25, 0.3) is 0 Å². The minimum atomic E-state index is -2.10. The Hall–Kier alpha value is -4.89. The molecule has 0 aliphatic carbocycles. The first kappa shape index (κ1) is 45.1. The Kier molecular flexibility index (Phi) is 20.5. The van der Waals surface area contributed by atoms with Crippen LogP contribution in [0.2, 0.25) is 0 Å². The van der Waals surface area contributed by atoms with Gasteiger partial charge in [0, 0.05) is 0 Å². The van der Waals surface area contributed by atoms with E-state index >= 15 is 0 Å². The van der Waals surface area contributed by atoms with Crippen molar-refractivity contribution in [3.05, 3.63) is 0 Å². The fraction of sp³-hybridized carbons (Fsp3) is 0.643. The summed E-state index contributed by atoms with van der Waals surface area (Å²) in [6.45, 7) is 3.40. The quantitative estimate of drug-likeness (QED) is 0.0316. The van der Waals surface area contributed by atoms with E-state index in [1.807, 2.05) is 16.0 Å². The number of halogens is 1. The third kappa shape index (κ3) is 17.5. The van der Waals surface area contributed by atoms with Gasteiger partial charge < -0.3 is 58.5 Å². The van der Waals surface area contributed by atoms with Gasteiger partial charge >= 0.3 is 23.9 Å². The molecule has 0 heterocycles. The van der Waals surface area contributed by atoms with Crippen molar-refractivity contribution in [2.24, 2.45) is 17.4 Å². The second-order valence-electron chi connectivity index (χ2n) is 11.4. The van der Waals surface area contributed by atoms with E-state index < -0.39 is 133 Å². The van der Waals surface area contributed by atoms with Crippen LogP contribution in [0.1, 0.15) is 58.8 Å². The van der Waals surface area contributed by atoms with Crippen molar-refractivity contribution in [1.29, 1.82) is 0 Å². The third-order valence-electron chi connectivity index (χ3n) is 6.85. The lowest BCUT2D eigenvalue weighted by molar-refractivity contribution is -0.145. The van der Waals surface area contributed by atoms with Crippen molar-refractivity contribution < 1.29 is 68.4 Å². The molecule has 22 heteroatoms. The molecule has 50 heavy (non-hydrogen) atoms. The summed E-state index contributed by atoms with van der Waals surface area (Å²) in [5.74, 6) is -14.5. The molecule has 0 saturated heterocycles. The summed E-state index contributed by atoms with van der Waals surface area (Å²) in [6.07, 6.45) is -3.55. The Balaban J connectivity index is 6.20. The van der Waals surface area contributed by atoms with Gasteiger partial charge in [0.15, 0.2) is 5.78 Å². The number of aliphatic carboxylic acids is 4. The molecular weight excluding hydrogens is 694 g/mol. The van der Waals surface area contributed by atoms with Crippen LogP contribution in [0.3, 0.4) is 0 Å². The number of nitrogens with two attached hydrogens (primary N) is 2. The molecular formula is C28H44ClN7O14. The molecule has 0 aromatic rings. The maximum Gasteiger partial charge on any atom is 0.305 e. The Morgan fingerprint density at radius 3 is 1.10 bits per heavy atom. The van der Waals surface area contributed by atoms with E-state index in [1.165, 1.54) is 0 Å². The van der Waals surface area contributed by atoms with E-state index in [1.54, 1.807) is 13.8 Å². The van der Waals surface area contributed by atoms with Crippen molar-refractivity contribution in [3.63, 3.8) is 0 Å². The minimum absolute atomic E-state index is 0.0676. The number of unbranched alkanes of at least 4 members (excludes halogenated alkanes) is 1. The Bertz CT molecular complexity index is 1280. The smallest absolute Gasteiger partial charge is 0.305 e. The molecule has 0 radical (unpaired) electrons. The first-order valence-corrected chi connectivity index (χ1v) is 15.7. The average Bonchev–Trinajstić information content (AvgIpc) is 3.00. The van der Waals surface area contributed by atoms with Gasteiger partial charge in [0.1, 0.15) is 24.2 Å². The van der Waals surface area contributed by atoms with Crippen LogP contribution in [0.25, 0.3) is 0 Å². The Morgan fingerprint density at radius 2 is 0.840 bits per heavy atom. The van der Waals surface area contributed by atoms with Crippen molar-refractivity contribution in [2.45, 2.75) is 95.0 Å². The lowest BCUT2D eigenvalue weighted by Crippen LogP contribution is -2.60. The van der Waals surface area contributed by atoms with Crippen LogP contribution in [0.5, 0.6) is 0 Å². The van der Waals surface area contributed by atoms with E-state index in [-0.39, 0.29) is 13.0 Å². The highest BCUT2D eigenvalue weighted by atomic mass is 35.5. The average molecular weight is 738 g/mol. The molecule has 0 saturated carbocycles. The zero-order chi connectivity index (χ0) is 38.7. The molecule has 0 aliphatic rings. The number of amides is 5. The van der Waals surface area contributed by atoms with Crippen LogP contribution in [0.15, 0.2) is 0 Å². The van der Waals surface area contributed by atoms with Gasteiger partial charge in [-0.1, -0.05) is 13.8 Å². The van der Waals surface area contributed by atoms with Crippen molar-refractivity contribution >= 4 is 70.8 Å². The highest BCUT2D eigenvalue weighted by Gasteiger charge is 2.35. The summed E-state index contributed by atoms with van der Waals surface area (Å²) in [4.78, 5) is 123. The maximum absolute atomic E-state index is 13.1. The summed E-state index contributed by atoms with van der Waals surface area (Å²) in [7, 11) is 0. The molecule has 0 aromatic carbocycles. The van der Waals surface area contributed by atoms with Gasteiger partial charge in [-0.05, 0) is 31.7 Å². The summed E-state index contributed by atoms with van der Waals surface area (Å²) < 4.78 is 0. The number of nitrogens with one attached hydrogen (secondary N) is 5. The van der Waals surface area contributed by atoms with E-state index in [2.05, 4.69) is 10.6 Å². The number of hydrogen-bond donors (Lipinski definition) is 11. The molecule has 6 atom stereocenters. The highest BCUT2D eigenvalue weighted by Crippen LogP contribution is 2.07. The van der Waals surface area contributed by atoms with Crippen LogP contribution in [-0.2, 0) is 47.9 Å². The van der Waals surface area contributed by atoms with Gasteiger partial charge in [0.2, 0.25) is 29.5 Å². The topological polar surface area (TPSA) is 364 Å². The zero-order valence-electron chi connectivity index (χ0n) is 27.3. The number of ketones is 1. The fourth-order valence-electron chi connectivity index (χ4n) is 4.10. The molecule has 13 N–H and O–H groups in total. The fourth-order valence-corrected chi connectivity index (χ4v) is 4.28. The van der Waals surface area contributed by atoms with Crippen LogP contribution < -0.4 is 38.1 Å². The van der Waals surface area contributed by atoms with Gasteiger partial charge in [-0.2, -0.15) is 0 Å². The number of Topliss-reactive ketones (excluding diaryl/α,β-unsaturated/α-hetero) is 1. The predicted octanol–water partition coefficient (Wildman–Crippen LogP) is -3.77. The van der Waals surface area contributed by atoms with Gasteiger partial charge in [0.05, 0.1) is 43.6 Å². The van der Waals surface area contributed by atoms with E-state index in [9.17, 15) is 68.4 Å². The number of alkyl halides is 1. The SMILES string of the molecule is CC(C)[C@H](N)C(=O)N[C@@H](CC(=O)O)C(=O)N[C@@H](CC(=O)O)C(=O)N[C@@H](CC(=O)O)C(=O)N[C@@H](CC(=O)O)C(=O)N[C@@H](CCCCN)C(=O)CCl. The molecule has 0 bridgehead atoms. The summed E-state index contributed by atoms with van der Waals surface area (Å²) in [6, 6.07) is -10.3. The number of hydrogen-bond acceptors (Lipinski definition) is 12. The molecule has 0 fully saturated rings. The molecule has 0 spiro atoms. The monoisotopic (exact) mass is 737 g/mol. The molecule has 282 valence electrons. The molecule has 0 unspecified atom stereocenters. The number of carboxylic acids is 4. The predicted molar refractivity (Wildman–Crippen MR) is 170 cm³/mol.